The van der Waals surface area contributed by atoms with Gasteiger partial charge in [-0.15, -0.1) is 11.3 Å². The summed E-state index contributed by atoms with van der Waals surface area (Å²) in [4.78, 5) is 10.4. The maximum absolute atomic E-state index is 9.05. The van der Waals surface area contributed by atoms with Crippen LogP contribution in [0.5, 0.6) is 0 Å². The lowest BCUT2D eigenvalue weighted by atomic mass is 10.0. The molecule has 136 valence electrons. The van der Waals surface area contributed by atoms with E-state index in [0.717, 1.165) is 31.1 Å². The Bertz CT molecular complexity index is 844. The van der Waals surface area contributed by atoms with Crippen molar-refractivity contribution in [2.45, 2.75) is 18.9 Å². The number of aromatic nitrogens is 2. The van der Waals surface area contributed by atoms with Gasteiger partial charge in [0.05, 0.1) is 25.5 Å². The van der Waals surface area contributed by atoms with E-state index >= 15 is 0 Å². The van der Waals surface area contributed by atoms with Gasteiger partial charge in [-0.1, -0.05) is 18.2 Å². The summed E-state index contributed by atoms with van der Waals surface area (Å²) in [5, 5.41) is 16.8. The number of nitrogens with zero attached hydrogens (tertiary/aromatic N) is 2. The molecule has 1 aliphatic heterocycles. The molecule has 0 radical (unpaired) electrons. The lowest BCUT2D eigenvalue weighted by Gasteiger charge is -2.13. The Morgan fingerprint density at radius 2 is 2.12 bits per heavy atom. The van der Waals surface area contributed by atoms with Gasteiger partial charge in [0, 0.05) is 34.7 Å². The van der Waals surface area contributed by atoms with Crippen LogP contribution in [0.1, 0.15) is 22.9 Å². The Hall–Kier alpha value is -2.22. The summed E-state index contributed by atoms with van der Waals surface area (Å²) < 4.78 is 6.79. The molecule has 26 heavy (non-hydrogen) atoms. The molecule has 0 spiro atoms. The van der Waals surface area contributed by atoms with E-state index in [1.165, 1.54) is 15.0 Å². The summed E-state index contributed by atoms with van der Waals surface area (Å²) >= 11 is 1.79. The summed E-state index contributed by atoms with van der Waals surface area (Å²) in [6.45, 7) is 2.67. The van der Waals surface area contributed by atoms with Crippen LogP contribution in [0.4, 0.5) is 11.8 Å². The van der Waals surface area contributed by atoms with Crippen molar-refractivity contribution in [3.05, 3.63) is 47.0 Å². The van der Waals surface area contributed by atoms with E-state index in [4.69, 9.17) is 9.84 Å². The molecule has 4 rings (SSSR count). The second-order valence-corrected chi connectivity index (χ2v) is 7.48. The summed E-state index contributed by atoms with van der Waals surface area (Å²) in [5.74, 6) is 1.64. The molecule has 0 saturated carbocycles. The van der Waals surface area contributed by atoms with E-state index in [-0.39, 0.29) is 6.61 Å². The number of thiophene rings is 1. The highest BCUT2D eigenvalue weighted by atomic mass is 32.1. The summed E-state index contributed by atoms with van der Waals surface area (Å²) in [5.41, 5.74) is 0.983. The Labute approximate surface area is 156 Å². The van der Waals surface area contributed by atoms with Crippen LogP contribution in [0.3, 0.4) is 0 Å². The third kappa shape index (κ3) is 3.95. The van der Waals surface area contributed by atoms with E-state index in [9.17, 15) is 0 Å². The molecule has 1 aromatic carbocycles. The number of anilines is 2. The molecule has 1 fully saturated rings. The first-order chi connectivity index (χ1) is 12.8. The van der Waals surface area contributed by atoms with Gasteiger partial charge in [-0.05, 0) is 23.9 Å². The lowest BCUT2D eigenvalue weighted by Crippen LogP contribution is -2.13. The normalized spacial score (nSPS) is 16.9. The summed E-state index contributed by atoms with van der Waals surface area (Å²) in [6, 6.07) is 12.6. The average molecular weight is 370 g/mol. The molecule has 0 amide bonds. The molecule has 3 aromatic rings. The van der Waals surface area contributed by atoms with Crippen molar-refractivity contribution in [1.82, 2.24) is 9.97 Å². The third-order valence-corrected chi connectivity index (χ3v) is 5.53. The second-order valence-electron chi connectivity index (χ2n) is 6.32. The number of hydrogen-bond acceptors (Lipinski definition) is 7. The van der Waals surface area contributed by atoms with Gasteiger partial charge in [-0.3, -0.25) is 0 Å². The van der Waals surface area contributed by atoms with Gasteiger partial charge in [-0.25, -0.2) is 4.98 Å². The molecule has 0 bridgehead atoms. The SMILES string of the molecule is OCCNc1nc(NCc2cc3ccccc3s2)cc(C2CCOC2)n1. The second kappa shape index (κ2) is 7.99. The van der Waals surface area contributed by atoms with Crippen molar-refractivity contribution in [3.63, 3.8) is 0 Å². The van der Waals surface area contributed by atoms with Gasteiger partial charge in [-0.2, -0.15) is 4.98 Å². The van der Waals surface area contributed by atoms with Crippen molar-refractivity contribution in [1.29, 1.82) is 0 Å². The number of ether oxygens (including phenoxy) is 1. The standard InChI is InChI=1S/C19H22N4O2S/c24-7-6-20-19-22-16(14-5-8-25-12-14)10-18(23-19)21-11-15-9-13-3-1-2-4-17(13)26-15/h1-4,9-10,14,24H,5-8,11-12H2,(H2,20,21,22,23). The minimum Gasteiger partial charge on any atom is -0.395 e. The van der Waals surface area contributed by atoms with Crippen molar-refractivity contribution >= 4 is 33.2 Å². The number of aliphatic hydroxyl groups excluding tert-OH is 1. The summed E-state index contributed by atoms with van der Waals surface area (Å²) in [7, 11) is 0. The highest BCUT2D eigenvalue weighted by Gasteiger charge is 2.20. The fraction of sp³-hybridized carbons (Fsp3) is 0.368. The van der Waals surface area contributed by atoms with Gasteiger partial charge in [0.15, 0.2) is 0 Å². The van der Waals surface area contributed by atoms with Gasteiger partial charge < -0.3 is 20.5 Å². The van der Waals surface area contributed by atoms with Gasteiger partial charge in [0.1, 0.15) is 5.82 Å². The number of fused-ring (bicyclic) bond motifs is 1. The van der Waals surface area contributed by atoms with Crippen molar-refractivity contribution in [2.24, 2.45) is 0 Å². The van der Waals surface area contributed by atoms with Gasteiger partial charge in [0.25, 0.3) is 0 Å². The van der Waals surface area contributed by atoms with E-state index in [1.807, 2.05) is 6.07 Å². The predicted octanol–water partition coefficient (Wildman–Crippen LogP) is 3.21. The molecule has 3 heterocycles. The quantitative estimate of drug-likeness (QED) is 0.593. The molecule has 1 saturated heterocycles. The minimum absolute atomic E-state index is 0.0463. The van der Waals surface area contributed by atoms with Crippen LogP contribution in [0.2, 0.25) is 0 Å². The van der Waals surface area contributed by atoms with Crippen LogP contribution >= 0.6 is 11.3 Å². The van der Waals surface area contributed by atoms with E-state index in [1.54, 1.807) is 11.3 Å². The molecule has 2 aromatic heterocycles. The lowest BCUT2D eigenvalue weighted by molar-refractivity contribution is 0.193. The van der Waals surface area contributed by atoms with Gasteiger partial charge >= 0.3 is 0 Å². The molecule has 7 heteroatoms. The molecule has 0 aliphatic carbocycles. The number of nitrogens with one attached hydrogen (secondary N) is 2. The Kier molecular flexibility index (Phi) is 5.29. The number of hydrogen-bond donors (Lipinski definition) is 3. The largest absolute Gasteiger partial charge is 0.395 e. The monoisotopic (exact) mass is 370 g/mol. The van der Waals surface area contributed by atoms with Crippen LogP contribution in [-0.2, 0) is 11.3 Å². The van der Waals surface area contributed by atoms with Crippen LogP contribution < -0.4 is 10.6 Å². The molecule has 1 unspecified atom stereocenters. The molecular weight excluding hydrogens is 348 g/mol. The fourth-order valence-corrected chi connectivity index (χ4v) is 4.09. The van der Waals surface area contributed by atoms with Crippen molar-refractivity contribution < 1.29 is 9.84 Å². The van der Waals surface area contributed by atoms with Gasteiger partial charge in [0.2, 0.25) is 5.95 Å². The van der Waals surface area contributed by atoms with E-state index < -0.39 is 0 Å². The number of rotatable bonds is 7. The number of aliphatic hydroxyl groups is 1. The predicted molar refractivity (Wildman–Crippen MR) is 105 cm³/mol. The van der Waals surface area contributed by atoms with Crippen LogP contribution in [0, 0.1) is 0 Å². The number of benzene rings is 1. The Morgan fingerprint density at radius 1 is 1.19 bits per heavy atom. The topological polar surface area (TPSA) is 79.3 Å². The highest BCUT2D eigenvalue weighted by molar-refractivity contribution is 7.19. The Balaban J connectivity index is 1.52. The van der Waals surface area contributed by atoms with E-state index in [2.05, 4.69) is 50.9 Å². The fourth-order valence-electron chi connectivity index (χ4n) is 3.08. The third-order valence-electron chi connectivity index (χ3n) is 4.41. The van der Waals surface area contributed by atoms with Crippen molar-refractivity contribution in [2.75, 3.05) is 37.0 Å². The van der Waals surface area contributed by atoms with Crippen LogP contribution in [0.25, 0.3) is 10.1 Å². The van der Waals surface area contributed by atoms with Crippen LogP contribution in [0.15, 0.2) is 36.4 Å². The zero-order chi connectivity index (χ0) is 17.8. The molecule has 3 N–H and O–H groups in total. The first-order valence-corrected chi connectivity index (χ1v) is 9.66. The molecular formula is C19H22N4O2S. The molecule has 6 nitrogen and oxygen atoms in total. The first kappa shape index (κ1) is 17.2. The molecule has 1 aliphatic rings. The summed E-state index contributed by atoms with van der Waals surface area (Å²) in [6.07, 6.45) is 0.978. The zero-order valence-corrected chi connectivity index (χ0v) is 15.3. The highest BCUT2D eigenvalue weighted by Crippen LogP contribution is 2.28. The maximum Gasteiger partial charge on any atom is 0.224 e. The minimum atomic E-state index is 0.0463. The first-order valence-electron chi connectivity index (χ1n) is 8.84. The van der Waals surface area contributed by atoms with E-state index in [0.29, 0.717) is 25.0 Å². The smallest absolute Gasteiger partial charge is 0.224 e. The maximum atomic E-state index is 9.05. The zero-order valence-electron chi connectivity index (χ0n) is 14.4. The molecule has 1 atom stereocenters. The van der Waals surface area contributed by atoms with Crippen LogP contribution in [-0.4, -0.2) is 41.4 Å². The average Bonchev–Trinajstić information content (AvgIpc) is 3.34. The van der Waals surface area contributed by atoms with Crippen molar-refractivity contribution in [3.8, 4) is 0 Å². The Morgan fingerprint density at radius 3 is 2.92 bits per heavy atom.